The molecule has 19 heavy (non-hydrogen) atoms. The average molecular weight is 260 g/mol. The number of aromatic nitrogens is 3. The van der Waals surface area contributed by atoms with Crippen LogP contribution in [0.1, 0.15) is 38.4 Å². The highest BCUT2D eigenvalue weighted by Gasteiger charge is 2.26. The first-order valence-corrected chi connectivity index (χ1v) is 6.96. The summed E-state index contributed by atoms with van der Waals surface area (Å²) in [6, 6.07) is 3.76. The van der Waals surface area contributed by atoms with Gasteiger partial charge in [0.05, 0.1) is 0 Å². The molecule has 5 nitrogen and oxygen atoms in total. The monoisotopic (exact) mass is 260 g/mol. The zero-order valence-corrected chi connectivity index (χ0v) is 11.5. The van der Waals surface area contributed by atoms with Crippen molar-refractivity contribution in [3.05, 3.63) is 34.4 Å². The summed E-state index contributed by atoms with van der Waals surface area (Å²) >= 11 is 0. The van der Waals surface area contributed by atoms with Crippen LogP contribution in [-0.4, -0.2) is 38.6 Å². The minimum atomic E-state index is 0.0163. The van der Waals surface area contributed by atoms with E-state index in [1.807, 2.05) is 10.6 Å². The van der Waals surface area contributed by atoms with Crippen LogP contribution in [0.5, 0.6) is 0 Å². The highest BCUT2D eigenvalue weighted by Crippen LogP contribution is 2.26. The summed E-state index contributed by atoms with van der Waals surface area (Å²) in [5, 5.41) is 7.39. The number of hydrogen-bond acceptors (Lipinski definition) is 3. The summed E-state index contributed by atoms with van der Waals surface area (Å²) in [7, 11) is 0. The maximum Gasteiger partial charge on any atom is 0.183 e. The molecule has 102 valence electrons. The van der Waals surface area contributed by atoms with E-state index in [0.717, 1.165) is 24.4 Å². The second-order valence-corrected chi connectivity index (χ2v) is 5.63. The highest BCUT2D eigenvalue weighted by atomic mass is 16.1. The fourth-order valence-corrected chi connectivity index (χ4v) is 2.91. The number of fused-ring (bicyclic) bond motifs is 1. The molecule has 2 aromatic rings. The van der Waals surface area contributed by atoms with Crippen molar-refractivity contribution < 1.29 is 0 Å². The van der Waals surface area contributed by atoms with E-state index >= 15 is 0 Å². The number of nitrogens with zero attached hydrogens (tertiary/aromatic N) is 3. The van der Waals surface area contributed by atoms with Gasteiger partial charge < -0.3 is 4.90 Å². The molecule has 1 unspecified atom stereocenters. The van der Waals surface area contributed by atoms with Gasteiger partial charge in [-0.25, -0.2) is 0 Å². The molecule has 1 N–H and O–H groups in total. The molecule has 0 aliphatic carbocycles. The molecule has 1 fully saturated rings. The molecule has 3 heterocycles. The van der Waals surface area contributed by atoms with Gasteiger partial charge in [-0.2, -0.15) is 5.10 Å². The normalized spacial score (nSPS) is 21.3. The van der Waals surface area contributed by atoms with Crippen molar-refractivity contribution >= 4 is 5.65 Å². The zero-order valence-electron chi connectivity index (χ0n) is 11.5. The molecular formula is C14H20N4O. The Kier molecular flexibility index (Phi) is 3.14. The highest BCUT2D eigenvalue weighted by molar-refractivity contribution is 5.37. The second-order valence-electron chi connectivity index (χ2n) is 5.63. The molecule has 3 rings (SSSR count). The molecular weight excluding hydrogens is 240 g/mol. The van der Waals surface area contributed by atoms with Gasteiger partial charge in [-0.1, -0.05) is 0 Å². The quantitative estimate of drug-likeness (QED) is 0.892. The Hall–Kier alpha value is -1.62. The van der Waals surface area contributed by atoms with Crippen molar-refractivity contribution in [2.45, 2.75) is 38.6 Å². The van der Waals surface area contributed by atoms with Gasteiger partial charge in [0.15, 0.2) is 5.43 Å². The van der Waals surface area contributed by atoms with Crippen LogP contribution in [0.3, 0.4) is 0 Å². The maximum absolute atomic E-state index is 11.3. The molecule has 0 amide bonds. The van der Waals surface area contributed by atoms with Crippen molar-refractivity contribution in [3.63, 3.8) is 0 Å². The third-order valence-electron chi connectivity index (χ3n) is 4.01. The Morgan fingerprint density at radius 2 is 2.32 bits per heavy atom. The fourth-order valence-electron chi connectivity index (χ4n) is 2.91. The van der Waals surface area contributed by atoms with Gasteiger partial charge in [-0.3, -0.25) is 14.3 Å². The number of H-pyrrole nitrogens is 1. The van der Waals surface area contributed by atoms with E-state index in [4.69, 9.17) is 0 Å². The Balaban J connectivity index is 1.93. The first kappa shape index (κ1) is 12.4. The lowest BCUT2D eigenvalue weighted by Gasteiger charge is -2.34. The zero-order chi connectivity index (χ0) is 13.4. The number of rotatable bonds is 2. The van der Waals surface area contributed by atoms with E-state index in [1.165, 1.54) is 13.0 Å². The average Bonchev–Trinajstić information content (AvgIpc) is 2.81. The molecule has 5 heteroatoms. The maximum atomic E-state index is 11.3. The predicted molar refractivity (Wildman–Crippen MR) is 74.5 cm³/mol. The van der Waals surface area contributed by atoms with E-state index in [0.29, 0.717) is 12.0 Å². The van der Waals surface area contributed by atoms with Crippen molar-refractivity contribution in [1.82, 2.24) is 19.5 Å². The summed E-state index contributed by atoms with van der Waals surface area (Å²) < 4.78 is 2.01. The van der Waals surface area contributed by atoms with Gasteiger partial charge in [0, 0.05) is 36.8 Å². The second kappa shape index (κ2) is 4.81. The Bertz CT molecular complexity index is 628. The van der Waals surface area contributed by atoms with Crippen molar-refractivity contribution in [1.29, 1.82) is 0 Å². The molecule has 1 atom stereocenters. The number of likely N-dealkylation sites (tertiary alicyclic amines) is 1. The standard InChI is InChI=1S/C14H20N4O/c1-10(2)17-6-3-4-11(9-17)14-16-15-13-8-12(19)5-7-18(13)14/h5,7-8,10-11,15H,3-4,6,9H2,1-2H3. The van der Waals surface area contributed by atoms with E-state index in [-0.39, 0.29) is 5.43 Å². The molecule has 0 radical (unpaired) electrons. The number of pyridine rings is 1. The smallest absolute Gasteiger partial charge is 0.183 e. The molecule has 0 bridgehead atoms. The molecule has 1 aliphatic heterocycles. The number of hydrogen-bond donors (Lipinski definition) is 1. The lowest BCUT2D eigenvalue weighted by Crippen LogP contribution is -2.39. The van der Waals surface area contributed by atoms with Crippen LogP contribution in [0.4, 0.5) is 0 Å². The number of nitrogens with one attached hydrogen (secondary N) is 1. The van der Waals surface area contributed by atoms with Crippen molar-refractivity contribution in [2.75, 3.05) is 13.1 Å². The predicted octanol–water partition coefficient (Wildman–Crippen LogP) is 1.61. The van der Waals surface area contributed by atoms with Crippen LogP contribution in [0.2, 0.25) is 0 Å². The summed E-state index contributed by atoms with van der Waals surface area (Å²) in [6.07, 6.45) is 4.19. The Labute approximate surface area is 112 Å². The van der Waals surface area contributed by atoms with Gasteiger partial charge in [0.2, 0.25) is 0 Å². The van der Waals surface area contributed by atoms with Crippen molar-refractivity contribution in [3.8, 4) is 0 Å². The number of piperidine rings is 1. The summed E-state index contributed by atoms with van der Waals surface area (Å²) in [5.41, 5.74) is 0.798. The third kappa shape index (κ3) is 2.30. The van der Waals surface area contributed by atoms with Gasteiger partial charge in [0.1, 0.15) is 11.5 Å². The van der Waals surface area contributed by atoms with E-state index in [2.05, 4.69) is 28.9 Å². The Morgan fingerprint density at radius 1 is 1.47 bits per heavy atom. The molecule has 1 saturated heterocycles. The topological polar surface area (TPSA) is 53.4 Å². The minimum Gasteiger partial charge on any atom is -0.300 e. The lowest BCUT2D eigenvalue weighted by molar-refractivity contribution is 0.164. The van der Waals surface area contributed by atoms with Crippen LogP contribution < -0.4 is 5.43 Å². The van der Waals surface area contributed by atoms with Crippen LogP contribution in [0, 0.1) is 0 Å². The van der Waals surface area contributed by atoms with Crippen molar-refractivity contribution in [2.24, 2.45) is 0 Å². The fraction of sp³-hybridized carbons (Fsp3) is 0.571. The number of aromatic amines is 1. The van der Waals surface area contributed by atoms with Crippen LogP contribution in [0.25, 0.3) is 5.65 Å². The van der Waals surface area contributed by atoms with E-state index in [9.17, 15) is 4.79 Å². The SMILES string of the molecule is CC(C)N1CCCC(c2n[nH]c3cc(=O)ccn23)C1. The summed E-state index contributed by atoms with van der Waals surface area (Å²) in [6.45, 7) is 6.69. The first-order valence-electron chi connectivity index (χ1n) is 6.96. The minimum absolute atomic E-state index is 0.0163. The van der Waals surface area contributed by atoms with Gasteiger partial charge in [0.25, 0.3) is 0 Å². The molecule has 0 saturated carbocycles. The van der Waals surface area contributed by atoms with Crippen LogP contribution in [-0.2, 0) is 0 Å². The molecule has 1 aliphatic rings. The van der Waals surface area contributed by atoms with E-state index < -0.39 is 0 Å². The van der Waals surface area contributed by atoms with Crippen LogP contribution >= 0.6 is 0 Å². The van der Waals surface area contributed by atoms with Gasteiger partial charge >= 0.3 is 0 Å². The van der Waals surface area contributed by atoms with Gasteiger partial charge in [-0.05, 0) is 33.2 Å². The third-order valence-corrected chi connectivity index (χ3v) is 4.01. The van der Waals surface area contributed by atoms with Gasteiger partial charge in [-0.15, -0.1) is 0 Å². The molecule has 0 spiro atoms. The van der Waals surface area contributed by atoms with E-state index in [1.54, 1.807) is 12.1 Å². The molecule has 0 aromatic carbocycles. The Morgan fingerprint density at radius 3 is 3.11 bits per heavy atom. The largest absolute Gasteiger partial charge is 0.300 e. The van der Waals surface area contributed by atoms with Crippen LogP contribution in [0.15, 0.2) is 23.1 Å². The lowest BCUT2D eigenvalue weighted by atomic mass is 9.96. The first-order chi connectivity index (χ1) is 9.15. The summed E-state index contributed by atoms with van der Waals surface area (Å²) in [4.78, 5) is 13.8. The molecule has 2 aromatic heterocycles. The summed E-state index contributed by atoms with van der Waals surface area (Å²) in [5.74, 6) is 1.48.